The summed E-state index contributed by atoms with van der Waals surface area (Å²) >= 11 is 0. The van der Waals surface area contributed by atoms with Gasteiger partial charge in [0.05, 0.1) is 22.3 Å². The van der Waals surface area contributed by atoms with E-state index >= 15 is 0 Å². The van der Waals surface area contributed by atoms with E-state index in [9.17, 15) is 13.2 Å². The van der Waals surface area contributed by atoms with Crippen LogP contribution < -0.4 is 15.8 Å². The summed E-state index contributed by atoms with van der Waals surface area (Å²) in [6.07, 6.45) is 3.85. The maximum Gasteiger partial charge on any atom is 0.267 e. The number of nitrogens with one attached hydrogen (secondary N) is 3. The molecule has 26 heavy (non-hydrogen) atoms. The van der Waals surface area contributed by atoms with Gasteiger partial charge in [-0.25, -0.2) is 13.4 Å². The molecule has 3 heterocycles. The van der Waals surface area contributed by atoms with Crippen LogP contribution in [0.5, 0.6) is 0 Å². The first-order valence-corrected chi connectivity index (χ1v) is 9.54. The quantitative estimate of drug-likeness (QED) is 0.546. The highest BCUT2D eigenvalue weighted by atomic mass is 32.2. The van der Waals surface area contributed by atoms with Gasteiger partial charge in [-0.05, 0) is 42.3 Å². The summed E-state index contributed by atoms with van der Waals surface area (Å²) < 4.78 is 28.2. The van der Waals surface area contributed by atoms with Crippen LogP contribution in [0.3, 0.4) is 0 Å². The van der Waals surface area contributed by atoms with Crippen molar-refractivity contribution in [2.75, 3.05) is 11.3 Å². The molecule has 9 heteroatoms. The number of hydrogen-bond acceptors (Lipinski definition) is 5. The maximum absolute atomic E-state index is 12.8. The summed E-state index contributed by atoms with van der Waals surface area (Å²) in [5, 5.41) is 3.76. The van der Waals surface area contributed by atoms with Gasteiger partial charge in [-0.15, -0.1) is 0 Å². The smallest absolute Gasteiger partial charge is 0.267 e. The third kappa shape index (κ3) is 2.91. The van der Waals surface area contributed by atoms with E-state index in [1.807, 2.05) is 6.07 Å². The number of nitrogens with two attached hydrogens (primary N) is 1. The van der Waals surface area contributed by atoms with Crippen molar-refractivity contribution in [3.63, 3.8) is 0 Å². The first-order chi connectivity index (χ1) is 12.4. The molecule has 0 bridgehead atoms. The van der Waals surface area contributed by atoms with E-state index in [2.05, 4.69) is 20.0 Å². The predicted molar refractivity (Wildman–Crippen MR) is 97.3 cm³/mol. The molecule has 5 N–H and O–H groups in total. The first kappa shape index (κ1) is 16.6. The molecule has 0 atom stereocenters. The average molecular weight is 371 g/mol. The summed E-state index contributed by atoms with van der Waals surface area (Å²) in [5.41, 5.74) is 8.39. The van der Waals surface area contributed by atoms with E-state index < -0.39 is 15.9 Å². The van der Waals surface area contributed by atoms with Crippen LogP contribution in [-0.2, 0) is 23.0 Å². The Kier molecular flexibility index (Phi) is 3.89. The minimum absolute atomic E-state index is 0.0670. The Bertz CT molecular complexity index is 1120. The highest BCUT2D eigenvalue weighted by Gasteiger charge is 2.19. The van der Waals surface area contributed by atoms with Crippen molar-refractivity contribution in [3.8, 4) is 0 Å². The van der Waals surface area contributed by atoms with Crippen LogP contribution in [0.15, 0.2) is 41.6 Å². The number of anilines is 1. The number of hydrogen-bond donors (Lipinski definition) is 4. The van der Waals surface area contributed by atoms with Crippen LogP contribution in [0.1, 0.15) is 21.6 Å². The second kappa shape index (κ2) is 6.11. The number of H-pyrrole nitrogens is 1. The lowest BCUT2D eigenvalue weighted by Gasteiger charge is -2.18. The molecule has 2 aromatic heterocycles. The first-order valence-electron chi connectivity index (χ1n) is 8.06. The van der Waals surface area contributed by atoms with Crippen LogP contribution >= 0.6 is 0 Å². The normalized spacial score (nSPS) is 14.2. The third-order valence-corrected chi connectivity index (χ3v) is 5.80. The second-order valence-electron chi connectivity index (χ2n) is 6.14. The van der Waals surface area contributed by atoms with E-state index in [0.717, 1.165) is 24.1 Å². The fraction of sp³-hybridized carbons (Fsp3) is 0.176. The maximum atomic E-state index is 12.8. The fourth-order valence-corrected chi connectivity index (χ4v) is 4.19. The fourth-order valence-electron chi connectivity index (χ4n) is 3.07. The minimum Gasteiger partial charge on any atom is -0.364 e. The molecule has 1 aliphatic rings. The van der Waals surface area contributed by atoms with Gasteiger partial charge < -0.3 is 16.0 Å². The zero-order valence-electron chi connectivity index (χ0n) is 13.7. The van der Waals surface area contributed by atoms with Crippen molar-refractivity contribution < 1.29 is 13.2 Å². The summed E-state index contributed by atoms with van der Waals surface area (Å²) in [6.45, 7) is 1.54. The molecule has 0 unspecified atom stereocenters. The summed E-state index contributed by atoms with van der Waals surface area (Å²) in [5.74, 6) is -0.677. The van der Waals surface area contributed by atoms with Crippen LogP contribution in [0.25, 0.3) is 10.9 Å². The highest BCUT2D eigenvalue weighted by molar-refractivity contribution is 7.92. The number of benzene rings is 1. The predicted octanol–water partition coefficient (Wildman–Crippen LogP) is 1.11. The molecule has 3 aromatic rings. The topological polar surface area (TPSA) is 130 Å². The number of amides is 1. The summed E-state index contributed by atoms with van der Waals surface area (Å²) in [6, 6.07) is 6.62. The zero-order chi connectivity index (χ0) is 18.3. The van der Waals surface area contributed by atoms with E-state index in [0.29, 0.717) is 23.1 Å². The van der Waals surface area contributed by atoms with Gasteiger partial charge in [0.2, 0.25) is 0 Å². The van der Waals surface area contributed by atoms with E-state index in [4.69, 9.17) is 5.73 Å². The SMILES string of the molecule is NC(=O)c1cc2c(NS(=O)(=O)c3ccc4c(c3)CNCC4)c[nH]c2cn1. The van der Waals surface area contributed by atoms with Gasteiger partial charge in [0.25, 0.3) is 15.9 Å². The van der Waals surface area contributed by atoms with Crippen LogP contribution in [0.2, 0.25) is 0 Å². The number of aromatic amines is 1. The van der Waals surface area contributed by atoms with Crippen LogP contribution in [-0.4, -0.2) is 30.8 Å². The second-order valence-corrected chi connectivity index (χ2v) is 7.83. The standard InChI is InChI=1S/C17H17N5O3S/c18-17(23)14-6-13-15(8-20-14)21-9-16(13)22-26(24,25)12-2-1-10-3-4-19-7-11(10)5-12/h1-2,5-6,8-9,19,21-22H,3-4,7H2,(H2,18,23). The van der Waals surface area contributed by atoms with E-state index in [1.54, 1.807) is 12.1 Å². The highest BCUT2D eigenvalue weighted by Crippen LogP contribution is 2.27. The Morgan fingerprint density at radius 1 is 1.23 bits per heavy atom. The molecule has 1 amide bonds. The number of sulfonamides is 1. The van der Waals surface area contributed by atoms with Gasteiger partial charge in [-0.1, -0.05) is 6.07 Å². The molecule has 0 fully saturated rings. The van der Waals surface area contributed by atoms with Gasteiger partial charge in [-0.2, -0.15) is 0 Å². The lowest BCUT2D eigenvalue weighted by molar-refractivity contribution is 0.0996. The molecule has 1 aromatic carbocycles. The number of nitrogens with zero attached hydrogens (tertiary/aromatic N) is 1. The zero-order valence-corrected chi connectivity index (χ0v) is 14.6. The van der Waals surface area contributed by atoms with Crippen LogP contribution in [0, 0.1) is 0 Å². The lowest BCUT2D eigenvalue weighted by Crippen LogP contribution is -2.24. The molecule has 0 saturated heterocycles. The van der Waals surface area contributed by atoms with Gasteiger partial charge >= 0.3 is 0 Å². The largest absolute Gasteiger partial charge is 0.364 e. The summed E-state index contributed by atoms with van der Waals surface area (Å²) in [4.78, 5) is 18.4. The third-order valence-electron chi connectivity index (χ3n) is 4.44. The monoisotopic (exact) mass is 371 g/mol. The van der Waals surface area contributed by atoms with Crippen LogP contribution in [0.4, 0.5) is 5.69 Å². The number of pyridine rings is 1. The average Bonchev–Trinajstić information content (AvgIpc) is 3.02. The minimum atomic E-state index is -3.78. The van der Waals surface area contributed by atoms with Gasteiger partial charge in [0, 0.05) is 18.1 Å². The number of carbonyl (C=O) groups excluding carboxylic acids is 1. The molecular formula is C17H17N5O3S. The Labute approximate surface area is 149 Å². The number of primary amides is 1. The Hall–Kier alpha value is -2.91. The number of aromatic nitrogens is 2. The molecule has 0 spiro atoms. The van der Waals surface area contributed by atoms with Crippen molar-refractivity contribution in [2.24, 2.45) is 5.73 Å². The molecule has 0 radical (unpaired) electrons. The number of carbonyl (C=O) groups is 1. The molecule has 0 aliphatic carbocycles. The summed E-state index contributed by atoms with van der Waals surface area (Å²) in [7, 11) is -3.78. The van der Waals surface area contributed by atoms with Crippen molar-refractivity contribution in [1.29, 1.82) is 0 Å². The Balaban J connectivity index is 1.71. The van der Waals surface area contributed by atoms with Gasteiger partial charge in [0.15, 0.2) is 0 Å². The van der Waals surface area contributed by atoms with Gasteiger partial charge in [-0.3, -0.25) is 9.52 Å². The molecule has 4 rings (SSSR count). The molecular weight excluding hydrogens is 354 g/mol. The van der Waals surface area contributed by atoms with Crippen molar-refractivity contribution >= 4 is 32.5 Å². The Morgan fingerprint density at radius 2 is 2.08 bits per heavy atom. The molecule has 8 nitrogen and oxygen atoms in total. The Morgan fingerprint density at radius 3 is 2.88 bits per heavy atom. The number of fused-ring (bicyclic) bond motifs is 2. The van der Waals surface area contributed by atoms with E-state index in [-0.39, 0.29) is 10.6 Å². The van der Waals surface area contributed by atoms with Crippen molar-refractivity contribution in [2.45, 2.75) is 17.9 Å². The van der Waals surface area contributed by atoms with E-state index in [1.165, 1.54) is 18.5 Å². The molecule has 1 aliphatic heterocycles. The molecule has 0 saturated carbocycles. The van der Waals surface area contributed by atoms with Gasteiger partial charge in [0.1, 0.15) is 5.69 Å². The number of rotatable bonds is 4. The molecule has 134 valence electrons. The van der Waals surface area contributed by atoms with Crippen molar-refractivity contribution in [3.05, 3.63) is 53.5 Å². The van der Waals surface area contributed by atoms with Crippen molar-refractivity contribution in [1.82, 2.24) is 15.3 Å². The lowest BCUT2D eigenvalue weighted by atomic mass is 10.0.